The lowest BCUT2D eigenvalue weighted by Crippen LogP contribution is -2.26. The van der Waals surface area contributed by atoms with E-state index in [9.17, 15) is 0 Å². The molecule has 2 heteroatoms. The van der Waals surface area contributed by atoms with Gasteiger partial charge in [0.25, 0.3) is 0 Å². The van der Waals surface area contributed by atoms with Crippen LogP contribution in [0.15, 0.2) is 36.4 Å². The van der Waals surface area contributed by atoms with Crippen molar-refractivity contribution in [1.82, 2.24) is 0 Å². The maximum Gasteiger partial charge on any atom is 0.123 e. The Balaban J connectivity index is 1.45. The second-order valence-corrected chi connectivity index (χ2v) is 13.4. The Kier molecular flexibility index (Phi) is 5.12. The van der Waals surface area contributed by atoms with Crippen LogP contribution in [0.5, 0.6) is 11.5 Å². The van der Waals surface area contributed by atoms with Crippen LogP contribution < -0.4 is 9.47 Å². The van der Waals surface area contributed by atoms with Crippen molar-refractivity contribution in [3.63, 3.8) is 0 Å². The Bertz CT molecular complexity index is 863. The summed E-state index contributed by atoms with van der Waals surface area (Å²) in [5.74, 6) is 3.65. The predicted octanol–water partition coefficient (Wildman–Crippen LogP) is 7.75. The summed E-state index contributed by atoms with van der Waals surface area (Å²) in [5.41, 5.74) is 3.02. The van der Waals surface area contributed by atoms with Gasteiger partial charge >= 0.3 is 0 Å². The van der Waals surface area contributed by atoms with Crippen LogP contribution in [0.1, 0.15) is 91.2 Å². The lowest BCUT2D eigenvalue weighted by molar-refractivity contribution is 0.187. The molecule has 2 fully saturated rings. The topological polar surface area (TPSA) is 18.5 Å². The van der Waals surface area contributed by atoms with Crippen LogP contribution in [0.2, 0.25) is 0 Å². The zero-order valence-corrected chi connectivity index (χ0v) is 21.1. The standard InChI is InChI=1S/C30H42O2/c1-27(2,3)23-15-26(32-20-30-13-9-22(18-30)10-14-30)24(28(4,5)6)16-25(23)31-19-29-11-7-21(17-29)8-12-29/h7,9,11,13,15-16,21-22H,8,10,12,14,17-20H2,1-6H3. The Hall–Kier alpha value is -1.70. The molecule has 4 bridgehead atoms. The second-order valence-electron chi connectivity index (χ2n) is 13.4. The van der Waals surface area contributed by atoms with Crippen LogP contribution in [0, 0.1) is 22.7 Å². The molecule has 0 amide bonds. The molecule has 0 radical (unpaired) electrons. The largest absolute Gasteiger partial charge is 0.492 e. The van der Waals surface area contributed by atoms with Crippen molar-refractivity contribution in [2.24, 2.45) is 22.7 Å². The number of fused-ring (bicyclic) bond motifs is 4. The minimum absolute atomic E-state index is 0.00471. The maximum absolute atomic E-state index is 6.67. The molecule has 4 aliphatic rings. The molecule has 4 aliphatic carbocycles. The molecular weight excluding hydrogens is 392 g/mol. The van der Waals surface area contributed by atoms with E-state index in [4.69, 9.17) is 9.47 Å². The van der Waals surface area contributed by atoms with Crippen molar-refractivity contribution in [3.05, 3.63) is 47.6 Å². The minimum Gasteiger partial charge on any atom is -0.492 e. The van der Waals surface area contributed by atoms with E-state index in [0.717, 1.165) is 36.5 Å². The van der Waals surface area contributed by atoms with Crippen molar-refractivity contribution in [1.29, 1.82) is 0 Å². The van der Waals surface area contributed by atoms with Gasteiger partial charge in [0.15, 0.2) is 0 Å². The van der Waals surface area contributed by atoms with Gasteiger partial charge in [-0.3, -0.25) is 0 Å². The fraction of sp³-hybridized carbons (Fsp3) is 0.667. The maximum atomic E-state index is 6.67. The molecule has 1 aromatic rings. The number of rotatable bonds is 6. The lowest BCUT2D eigenvalue weighted by Gasteiger charge is -2.32. The summed E-state index contributed by atoms with van der Waals surface area (Å²) in [6, 6.07) is 4.61. The molecule has 0 saturated heterocycles. The van der Waals surface area contributed by atoms with Gasteiger partial charge in [0, 0.05) is 22.0 Å². The molecule has 0 N–H and O–H groups in total. The highest BCUT2D eigenvalue weighted by Gasteiger charge is 2.43. The first-order valence-corrected chi connectivity index (χ1v) is 12.8. The normalized spacial score (nSPS) is 32.8. The van der Waals surface area contributed by atoms with Crippen LogP contribution in [0.4, 0.5) is 0 Å². The van der Waals surface area contributed by atoms with E-state index in [1.807, 2.05) is 0 Å². The van der Waals surface area contributed by atoms with Gasteiger partial charge in [0.2, 0.25) is 0 Å². The molecule has 32 heavy (non-hydrogen) atoms. The third-order valence-electron chi connectivity index (χ3n) is 8.54. The van der Waals surface area contributed by atoms with Gasteiger partial charge < -0.3 is 9.47 Å². The van der Waals surface area contributed by atoms with Gasteiger partial charge in [0.05, 0.1) is 13.2 Å². The van der Waals surface area contributed by atoms with Crippen molar-refractivity contribution in [3.8, 4) is 11.5 Å². The monoisotopic (exact) mass is 434 g/mol. The van der Waals surface area contributed by atoms with E-state index in [2.05, 4.69) is 78.0 Å². The van der Waals surface area contributed by atoms with E-state index in [-0.39, 0.29) is 21.7 Å². The fourth-order valence-corrected chi connectivity index (χ4v) is 6.48. The van der Waals surface area contributed by atoms with Crippen LogP contribution >= 0.6 is 0 Å². The second kappa shape index (κ2) is 7.40. The molecule has 2 saturated carbocycles. The van der Waals surface area contributed by atoms with Crippen molar-refractivity contribution in [2.75, 3.05) is 13.2 Å². The highest BCUT2D eigenvalue weighted by atomic mass is 16.5. The molecule has 4 unspecified atom stereocenters. The summed E-state index contributed by atoms with van der Waals surface area (Å²) in [7, 11) is 0. The van der Waals surface area contributed by atoms with Gasteiger partial charge in [-0.2, -0.15) is 0 Å². The van der Waals surface area contributed by atoms with Gasteiger partial charge in [-0.15, -0.1) is 0 Å². The summed E-state index contributed by atoms with van der Waals surface area (Å²) in [5, 5.41) is 0. The Morgan fingerprint density at radius 2 is 1.12 bits per heavy atom. The van der Waals surface area contributed by atoms with E-state index < -0.39 is 0 Å². The average molecular weight is 435 g/mol. The molecule has 0 spiro atoms. The number of allylic oxidation sites excluding steroid dienone is 2. The van der Waals surface area contributed by atoms with Crippen molar-refractivity contribution < 1.29 is 9.47 Å². The Morgan fingerprint density at radius 3 is 1.38 bits per heavy atom. The van der Waals surface area contributed by atoms with Gasteiger partial charge in [-0.25, -0.2) is 0 Å². The molecular formula is C30H42O2. The van der Waals surface area contributed by atoms with E-state index in [0.29, 0.717) is 0 Å². The summed E-state index contributed by atoms with van der Waals surface area (Å²) >= 11 is 0. The molecule has 4 atom stereocenters. The zero-order chi connectivity index (χ0) is 22.8. The fourth-order valence-electron chi connectivity index (χ4n) is 6.48. The predicted molar refractivity (Wildman–Crippen MR) is 133 cm³/mol. The molecule has 174 valence electrons. The van der Waals surface area contributed by atoms with Gasteiger partial charge in [-0.1, -0.05) is 65.8 Å². The lowest BCUT2D eigenvalue weighted by atomic mass is 9.80. The van der Waals surface area contributed by atoms with E-state index in [1.54, 1.807) is 0 Å². The third kappa shape index (κ3) is 4.03. The van der Waals surface area contributed by atoms with Crippen LogP contribution in [-0.2, 0) is 10.8 Å². The average Bonchev–Trinajstić information content (AvgIpc) is 3.50. The number of ether oxygens (including phenoxy) is 2. The summed E-state index contributed by atoms with van der Waals surface area (Å²) in [4.78, 5) is 0. The molecule has 2 nitrogen and oxygen atoms in total. The number of hydrogen-bond acceptors (Lipinski definition) is 2. The number of hydrogen-bond donors (Lipinski definition) is 0. The van der Waals surface area contributed by atoms with Crippen molar-refractivity contribution >= 4 is 0 Å². The molecule has 1 aromatic carbocycles. The smallest absolute Gasteiger partial charge is 0.123 e. The Labute approximate surface area is 195 Å². The molecule has 5 rings (SSSR count). The van der Waals surface area contributed by atoms with Gasteiger partial charge in [0.1, 0.15) is 11.5 Å². The first-order valence-electron chi connectivity index (χ1n) is 12.8. The molecule has 0 heterocycles. The molecule has 0 aliphatic heterocycles. The molecule has 0 aromatic heterocycles. The Morgan fingerprint density at radius 1 is 0.719 bits per heavy atom. The minimum atomic E-state index is -0.00471. The van der Waals surface area contributed by atoms with Crippen LogP contribution in [0.25, 0.3) is 0 Å². The summed E-state index contributed by atoms with van der Waals surface area (Å²) in [6.07, 6.45) is 17.4. The SMILES string of the molecule is CC(C)(C)c1cc(OCC23C=CC(CC2)C3)c(C(C)(C)C)cc1OCC12C=CC(CC1)C2. The van der Waals surface area contributed by atoms with E-state index in [1.165, 1.54) is 49.7 Å². The van der Waals surface area contributed by atoms with E-state index >= 15 is 0 Å². The summed E-state index contributed by atoms with van der Waals surface area (Å²) in [6.45, 7) is 15.3. The van der Waals surface area contributed by atoms with Gasteiger partial charge in [-0.05, 0) is 73.3 Å². The van der Waals surface area contributed by atoms with Crippen molar-refractivity contribution in [2.45, 2.75) is 90.9 Å². The van der Waals surface area contributed by atoms with Crippen LogP contribution in [0.3, 0.4) is 0 Å². The first kappa shape index (κ1) is 22.1. The quantitative estimate of drug-likeness (QED) is 0.426. The summed E-state index contributed by atoms with van der Waals surface area (Å²) < 4.78 is 13.3. The zero-order valence-electron chi connectivity index (χ0n) is 21.1. The van der Waals surface area contributed by atoms with Crippen LogP contribution in [-0.4, -0.2) is 13.2 Å². The third-order valence-corrected chi connectivity index (χ3v) is 8.54. The first-order chi connectivity index (χ1) is 15.0. The number of benzene rings is 1. The highest BCUT2D eigenvalue weighted by Crippen LogP contribution is 2.51. The highest BCUT2D eigenvalue weighted by molar-refractivity contribution is 5.52.